The molecular weight excluding hydrogens is 220 g/mol. The molecule has 17 heavy (non-hydrogen) atoms. The first-order valence-corrected chi connectivity index (χ1v) is 6.84. The summed E-state index contributed by atoms with van der Waals surface area (Å²) in [7, 11) is 0. The Morgan fingerprint density at radius 3 is 1.76 bits per heavy atom. The second-order valence-corrected chi connectivity index (χ2v) is 5.47. The fraction of sp³-hybridized carbons (Fsp3) is 1.00. The maximum atomic E-state index is 5.20. The lowest BCUT2D eigenvalue weighted by atomic mass is 9.88. The quantitative estimate of drug-likeness (QED) is 0.505. The topological polar surface area (TPSA) is 36.9 Å². The first kappa shape index (κ1) is 13.3. The highest BCUT2D eigenvalue weighted by atomic mass is 17.4. The summed E-state index contributed by atoms with van der Waals surface area (Å²) in [6, 6.07) is 0. The smallest absolute Gasteiger partial charge is 0.195 e. The largest absolute Gasteiger partial charge is 0.239 e. The normalized spacial score (nSPS) is 40.1. The molecular formula is C13H24O4. The molecule has 4 heteroatoms. The van der Waals surface area contributed by atoms with Gasteiger partial charge in [-0.3, -0.25) is 0 Å². The van der Waals surface area contributed by atoms with E-state index in [-0.39, 0.29) is 5.92 Å². The fourth-order valence-electron chi connectivity index (χ4n) is 2.72. The molecule has 0 aromatic carbocycles. The van der Waals surface area contributed by atoms with Gasteiger partial charge in [0.15, 0.2) is 0 Å². The molecule has 2 bridgehead atoms. The SMILES string of the molecule is CCCCCCCCC1C2(C)OOC1(C)OO2. The minimum atomic E-state index is -0.710. The number of hydrogen-bond donors (Lipinski definition) is 0. The van der Waals surface area contributed by atoms with E-state index in [0.717, 1.165) is 6.42 Å². The van der Waals surface area contributed by atoms with Crippen LogP contribution in [-0.4, -0.2) is 11.6 Å². The molecule has 0 saturated carbocycles. The lowest BCUT2D eigenvalue weighted by molar-refractivity contribution is -0.583. The molecule has 2 aliphatic rings. The van der Waals surface area contributed by atoms with E-state index in [0.29, 0.717) is 0 Å². The molecule has 0 radical (unpaired) electrons. The Labute approximate surface area is 103 Å². The summed E-state index contributed by atoms with van der Waals surface area (Å²) in [5.74, 6) is -1.25. The Balaban J connectivity index is 1.69. The van der Waals surface area contributed by atoms with E-state index in [9.17, 15) is 0 Å². The van der Waals surface area contributed by atoms with Crippen molar-refractivity contribution >= 4 is 0 Å². The maximum absolute atomic E-state index is 5.20. The van der Waals surface area contributed by atoms with Gasteiger partial charge in [0.1, 0.15) is 0 Å². The molecule has 2 fully saturated rings. The highest BCUT2D eigenvalue weighted by molar-refractivity contribution is 4.90. The Morgan fingerprint density at radius 1 is 0.765 bits per heavy atom. The van der Waals surface area contributed by atoms with Crippen molar-refractivity contribution in [3.8, 4) is 0 Å². The van der Waals surface area contributed by atoms with E-state index in [4.69, 9.17) is 19.6 Å². The van der Waals surface area contributed by atoms with Gasteiger partial charge in [-0.2, -0.15) is 19.6 Å². The van der Waals surface area contributed by atoms with Crippen LogP contribution in [0.1, 0.15) is 65.7 Å². The number of rotatable bonds is 7. The summed E-state index contributed by atoms with van der Waals surface area (Å²) in [4.78, 5) is 20.8. The first-order chi connectivity index (χ1) is 8.11. The van der Waals surface area contributed by atoms with E-state index < -0.39 is 11.6 Å². The second kappa shape index (κ2) is 5.22. The van der Waals surface area contributed by atoms with E-state index in [2.05, 4.69) is 6.92 Å². The van der Waals surface area contributed by atoms with Crippen LogP contribution in [0.25, 0.3) is 0 Å². The standard InChI is InChI=1S/C13H24O4/c1-4-5-6-7-8-9-10-11-12(2)14-16-13(11,3)17-15-12/h11H,4-10H2,1-3H3. The van der Waals surface area contributed by atoms with Gasteiger partial charge in [0.25, 0.3) is 0 Å². The van der Waals surface area contributed by atoms with Crippen LogP contribution in [0.2, 0.25) is 0 Å². The molecule has 100 valence electrons. The predicted molar refractivity (Wildman–Crippen MR) is 62.6 cm³/mol. The average molecular weight is 244 g/mol. The molecule has 4 nitrogen and oxygen atoms in total. The molecule has 0 aromatic heterocycles. The van der Waals surface area contributed by atoms with Crippen molar-refractivity contribution in [2.45, 2.75) is 77.3 Å². The van der Waals surface area contributed by atoms with E-state index in [1.807, 2.05) is 13.8 Å². The fourth-order valence-corrected chi connectivity index (χ4v) is 2.72. The van der Waals surface area contributed by atoms with E-state index in [1.165, 1.54) is 38.5 Å². The van der Waals surface area contributed by atoms with Crippen LogP contribution in [0, 0.1) is 5.92 Å². The highest BCUT2D eigenvalue weighted by Crippen LogP contribution is 2.52. The third kappa shape index (κ3) is 2.65. The summed E-state index contributed by atoms with van der Waals surface area (Å²) >= 11 is 0. The maximum Gasteiger partial charge on any atom is 0.239 e. The molecule has 2 saturated heterocycles. The number of unbranched alkanes of at least 4 members (excludes halogenated alkanes) is 5. The molecule has 2 heterocycles. The number of hydrogen-bond acceptors (Lipinski definition) is 4. The Morgan fingerprint density at radius 2 is 1.24 bits per heavy atom. The van der Waals surface area contributed by atoms with Crippen LogP contribution >= 0.6 is 0 Å². The van der Waals surface area contributed by atoms with Crippen molar-refractivity contribution in [1.82, 2.24) is 0 Å². The molecule has 0 aliphatic carbocycles. The molecule has 2 rings (SSSR count). The van der Waals surface area contributed by atoms with Crippen LogP contribution in [-0.2, 0) is 19.6 Å². The van der Waals surface area contributed by atoms with Gasteiger partial charge >= 0.3 is 0 Å². The van der Waals surface area contributed by atoms with Crippen LogP contribution in [0.15, 0.2) is 0 Å². The molecule has 0 unspecified atom stereocenters. The third-order valence-corrected chi connectivity index (χ3v) is 3.86. The van der Waals surface area contributed by atoms with Crippen molar-refractivity contribution in [3.63, 3.8) is 0 Å². The Kier molecular flexibility index (Phi) is 4.08. The summed E-state index contributed by atoms with van der Waals surface area (Å²) in [5, 5.41) is 0. The summed E-state index contributed by atoms with van der Waals surface area (Å²) in [6.45, 7) is 6.00. The zero-order valence-corrected chi connectivity index (χ0v) is 11.2. The minimum absolute atomic E-state index is 0.168. The van der Waals surface area contributed by atoms with Crippen molar-refractivity contribution in [2.24, 2.45) is 5.92 Å². The molecule has 0 amide bonds. The predicted octanol–water partition coefficient (Wildman–Crippen LogP) is 3.71. The van der Waals surface area contributed by atoms with Crippen LogP contribution in [0.3, 0.4) is 0 Å². The number of fused-ring (bicyclic) bond motifs is 2. The lowest BCUT2D eigenvalue weighted by Crippen LogP contribution is -2.32. The van der Waals surface area contributed by atoms with Gasteiger partial charge < -0.3 is 0 Å². The first-order valence-electron chi connectivity index (χ1n) is 6.84. The monoisotopic (exact) mass is 244 g/mol. The summed E-state index contributed by atoms with van der Waals surface area (Å²) < 4.78 is 0. The van der Waals surface area contributed by atoms with Crippen LogP contribution in [0.4, 0.5) is 0 Å². The second-order valence-electron chi connectivity index (χ2n) is 5.47. The molecule has 0 spiro atoms. The van der Waals surface area contributed by atoms with E-state index >= 15 is 0 Å². The molecule has 2 aliphatic heterocycles. The van der Waals surface area contributed by atoms with Crippen LogP contribution < -0.4 is 0 Å². The van der Waals surface area contributed by atoms with Crippen molar-refractivity contribution in [1.29, 1.82) is 0 Å². The van der Waals surface area contributed by atoms with Crippen molar-refractivity contribution < 1.29 is 19.6 Å². The highest BCUT2D eigenvalue weighted by Gasteiger charge is 2.65. The van der Waals surface area contributed by atoms with Gasteiger partial charge in [0, 0.05) is 0 Å². The third-order valence-electron chi connectivity index (χ3n) is 3.86. The zero-order chi connectivity index (χ0) is 12.4. The van der Waals surface area contributed by atoms with Gasteiger partial charge in [-0.15, -0.1) is 0 Å². The Hall–Kier alpha value is -0.160. The molecule has 0 atom stereocenters. The van der Waals surface area contributed by atoms with Gasteiger partial charge in [0.05, 0.1) is 5.92 Å². The van der Waals surface area contributed by atoms with Crippen LogP contribution in [0.5, 0.6) is 0 Å². The minimum Gasteiger partial charge on any atom is -0.195 e. The van der Waals surface area contributed by atoms with Crippen molar-refractivity contribution in [3.05, 3.63) is 0 Å². The summed E-state index contributed by atoms with van der Waals surface area (Å²) in [5.41, 5.74) is 0. The molecule has 0 N–H and O–H groups in total. The van der Waals surface area contributed by atoms with Gasteiger partial charge in [-0.25, -0.2) is 0 Å². The van der Waals surface area contributed by atoms with Gasteiger partial charge in [-0.05, 0) is 20.3 Å². The van der Waals surface area contributed by atoms with Crippen molar-refractivity contribution in [2.75, 3.05) is 0 Å². The van der Waals surface area contributed by atoms with E-state index in [1.54, 1.807) is 0 Å². The summed E-state index contributed by atoms with van der Waals surface area (Å²) in [6.07, 6.45) is 8.77. The lowest BCUT2D eigenvalue weighted by Gasteiger charge is -2.20. The van der Waals surface area contributed by atoms with Gasteiger partial charge in [-0.1, -0.05) is 45.4 Å². The average Bonchev–Trinajstić information content (AvgIpc) is 2.70. The Bertz CT molecular complexity index is 228. The molecule has 0 aromatic rings. The van der Waals surface area contributed by atoms with Gasteiger partial charge in [0.2, 0.25) is 11.6 Å². The zero-order valence-electron chi connectivity index (χ0n) is 11.2.